The van der Waals surface area contributed by atoms with Gasteiger partial charge in [-0.3, -0.25) is 4.79 Å². The van der Waals surface area contributed by atoms with E-state index < -0.39 is 12.1 Å². The smallest absolute Gasteiger partial charge is 0.220 e. The van der Waals surface area contributed by atoms with Crippen molar-refractivity contribution in [2.75, 3.05) is 6.61 Å². The van der Waals surface area contributed by atoms with Crippen molar-refractivity contribution in [2.24, 2.45) is 0 Å². The number of aliphatic hydroxyl groups excluding tert-OH is 2. The van der Waals surface area contributed by atoms with E-state index in [1.165, 1.54) is 347 Å². The van der Waals surface area contributed by atoms with Crippen molar-refractivity contribution in [1.82, 2.24) is 5.32 Å². The van der Waals surface area contributed by atoms with E-state index in [4.69, 9.17) is 0 Å². The number of rotatable bonds is 68. The summed E-state index contributed by atoms with van der Waals surface area (Å²) in [4.78, 5) is 12.5. The number of hydrogen-bond donors (Lipinski definition) is 3. The molecular formula is C75H143NO3. The Labute approximate surface area is 496 Å². The van der Waals surface area contributed by atoms with Gasteiger partial charge in [0.15, 0.2) is 0 Å². The summed E-state index contributed by atoms with van der Waals surface area (Å²) in [6.45, 7) is 4.34. The molecule has 0 aliphatic carbocycles. The number of aliphatic hydroxyl groups is 2. The minimum atomic E-state index is -0.871. The molecule has 0 aromatic rings. The van der Waals surface area contributed by atoms with Gasteiger partial charge < -0.3 is 15.5 Å². The number of allylic oxidation sites excluding steroid dienone is 7. The van der Waals surface area contributed by atoms with Gasteiger partial charge in [-0.15, -0.1) is 0 Å². The van der Waals surface area contributed by atoms with E-state index in [0.29, 0.717) is 6.42 Å². The molecule has 3 N–H and O–H groups in total. The Hall–Kier alpha value is -1.65. The summed E-state index contributed by atoms with van der Waals surface area (Å²) in [5.74, 6) is -0.0701. The van der Waals surface area contributed by atoms with Crippen LogP contribution in [0.5, 0.6) is 0 Å². The highest BCUT2D eigenvalue weighted by Crippen LogP contribution is 2.19. The van der Waals surface area contributed by atoms with Crippen molar-refractivity contribution < 1.29 is 15.0 Å². The standard InChI is InChI=1S/C75H143NO3/c1-3-5-7-9-11-13-15-17-19-21-23-25-27-29-31-32-33-34-35-36-37-38-39-40-41-42-43-44-45-47-49-51-53-55-57-59-61-63-65-67-69-71-75(79)76-73(72-77)74(78)70-68-66-64-62-60-58-56-54-52-50-48-46-30-28-26-24-22-20-18-16-14-12-10-8-6-4-2/h21,23,52,54,60,62,68,70,73-74,77-78H,3-20,22,24-51,53,55-59,61,63-67,69,71-72H2,1-2H3,(H,76,79)/b23-21-,54-52+,62-60+,70-68+. The zero-order valence-corrected chi connectivity index (χ0v) is 53.9. The fourth-order valence-electron chi connectivity index (χ4n) is 11.5. The molecule has 0 fully saturated rings. The van der Waals surface area contributed by atoms with Gasteiger partial charge in [0.1, 0.15) is 0 Å². The van der Waals surface area contributed by atoms with Gasteiger partial charge in [-0.2, -0.15) is 0 Å². The Morgan fingerprint density at radius 3 is 0.734 bits per heavy atom. The van der Waals surface area contributed by atoms with Gasteiger partial charge in [0.2, 0.25) is 5.91 Å². The van der Waals surface area contributed by atoms with Crippen molar-refractivity contribution in [3.63, 3.8) is 0 Å². The van der Waals surface area contributed by atoms with Gasteiger partial charge in [-0.05, 0) is 70.6 Å². The molecule has 0 aliphatic heterocycles. The van der Waals surface area contributed by atoms with Crippen molar-refractivity contribution >= 4 is 5.91 Å². The molecule has 0 spiro atoms. The van der Waals surface area contributed by atoms with Crippen LogP contribution in [0.4, 0.5) is 0 Å². The second-order valence-electron chi connectivity index (χ2n) is 25.0. The van der Waals surface area contributed by atoms with Crippen LogP contribution in [0.1, 0.15) is 406 Å². The SMILES string of the molecule is CCCCCCCCCC/C=C\CCCCCCCCCCCCCCCCCCCCCCCCCCCCCCCC(=O)NC(CO)C(O)/C=C/CC/C=C/CC/C=C/CCCCCCCCCCCCCCCCCC. The quantitative estimate of drug-likeness (QED) is 0.0420. The monoisotopic (exact) mass is 1110 g/mol. The lowest BCUT2D eigenvalue weighted by molar-refractivity contribution is -0.123. The van der Waals surface area contributed by atoms with Crippen LogP contribution in [0, 0.1) is 0 Å². The van der Waals surface area contributed by atoms with Gasteiger partial charge >= 0.3 is 0 Å². The molecule has 0 aromatic carbocycles. The van der Waals surface area contributed by atoms with Crippen LogP contribution in [-0.4, -0.2) is 34.9 Å². The predicted molar refractivity (Wildman–Crippen MR) is 355 cm³/mol. The summed E-state index contributed by atoms with van der Waals surface area (Å²) in [6, 6.07) is -0.646. The third-order valence-electron chi connectivity index (χ3n) is 17.0. The molecular weight excluding hydrogens is 963 g/mol. The molecule has 0 saturated carbocycles. The first-order valence-electron chi connectivity index (χ1n) is 36.4. The third-order valence-corrected chi connectivity index (χ3v) is 17.0. The van der Waals surface area contributed by atoms with Gasteiger partial charge in [0.05, 0.1) is 18.8 Å². The van der Waals surface area contributed by atoms with Crippen LogP contribution in [0.25, 0.3) is 0 Å². The molecule has 1 amide bonds. The largest absolute Gasteiger partial charge is 0.394 e. The highest BCUT2D eigenvalue weighted by Gasteiger charge is 2.18. The van der Waals surface area contributed by atoms with E-state index in [1.807, 2.05) is 6.08 Å². The maximum atomic E-state index is 12.5. The average molecular weight is 1110 g/mol. The van der Waals surface area contributed by atoms with Crippen LogP contribution in [0.15, 0.2) is 48.6 Å². The second-order valence-corrected chi connectivity index (χ2v) is 25.0. The first-order chi connectivity index (χ1) is 39.2. The van der Waals surface area contributed by atoms with Gasteiger partial charge in [0, 0.05) is 6.42 Å². The predicted octanol–water partition coefficient (Wildman–Crippen LogP) is 24.9. The second kappa shape index (κ2) is 70.6. The van der Waals surface area contributed by atoms with Crippen LogP contribution < -0.4 is 5.32 Å². The average Bonchev–Trinajstić information content (AvgIpc) is 3.45. The van der Waals surface area contributed by atoms with Gasteiger partial charge in [-0.1, -0.05) is 377 Å². The zero-order chi connectivity index (χ0) is 56.9. The topological polar surface area (TPSA) is 69.6 Å². The summed E-state index contributed by atoms with van der Waals surface area (Å²) in [6.07, 6.45) is 99.4. The minimum Gasteiger partial charge on any atom is -0.394 e. The summed E-state index contributed by atoms with van der Waals surface area (Å²) in [5.41, 5.74) is 0. The summed E-state index contributed by atoms with van der Waals surface area (Å²) in [7, 11) is 0. The Kier molecular flexibility index (Phi) is 69.1. The lowest BCUT2D eigenvalue weighted by Crippen LogP contribution is -2.45. The van der Waals surface area contributed by atoms with Gasteiger partial charge in [-0.25, -0.2) is 0 Å². The molecule has 0 rings (SSSR count). The number of carbonyl (C=O) groups is 1. The molecule has 4 heteroatoms. The zero-order valence-electron chi connectivity index (χ0n) is 53.9. The Bertz CT molecular complexity index is 1250. The first-order valence-corrected chi connectivity index (χ1v) is 36.4. The van der Waals surface area contributed by atoms with Crippen molar-refractivity contribution in [3.8, 4) is 0 Å². The lowest BCUT2D eigenvalue weighted by atomic mass is 10.0. The van der Waals surface area contributed by atoms with Crippen LogP contribution in [0.3, 0.4) is 0 Å². The highest BCUT2D eigenvalue weighted by atomic mass is 16.3. The molecule has 0 heterocycles. The molecule has 466 valence electrons. The first kappa shape index (κ1) is 77.3. The molecule has 0 aliphatic rings. The summed E-state index contributed by atoms with van der Waals surface area (Å²) >= 11 is 0. The molecule has 79 heavy (non-hydrogen) atoms. The Morgan fingerprint density at radius 2 is 0.494 bits per heavy atom. The summed E-state index contributed by atoms with van der Waals surface area (Å²) < 4.78 is 0. The molecule has 4 nitrogen and oxygen atoms in total. The van der Waals surface area contributed by atoms with Crippen molar-refractivity contribution in [3.05, 3.63) is 48.6 Å². The van der Waals surface area contributed by atoms with Crippen molar-refractivity contribution in [2.45, 2.75) is 418 Å². The number of unbranched alkanes of at least 4 members (excludes halogenated alkanes) is 55. The highest BCUT2D eigenvalue weighted by molar-refractivity contribution is 5.76. The Balaban J connectivity index is 3.42. The normalized spacial score (nSPS) is 12.9. The fraction of sp³-hybridized carbons (Fsp3) is 0.880. The molecule has 0 aromatic heterocycles. The number of hydrogen-bond acceptors (Lipinski definition) is 3. The maximum Gasteiger partial charge on any atom is 0.220 e. The summed E-state index contributed by atoms with van der Waals surface area (Å²) in [5, 5.41) is 23.3. The molecule has 2 unspecified atom stereocenters. The van der Waals surface area contributed by atoms with E-state index in [2.05, 4.69) is 55.6 Å². The van der Waals surface area contributed by atoms with E-state index in [-0.39, 0.29) is 12.5 Å². The van der Waals surface area contributed by atoms with E-state index in [1.54, 1.807) is 6.08 Å². The van der Waals surface area contributed by atoms with Crippen molar-refractivity contribution in [1.29, 1.82) is 0 Å². The molecule has 0 bridgehead atoms. The van der Waals surface area contributed by atoms with Crippen LogP contribution in [0.2, 0.25) is 0 Å². The number of carbonyl (C=O) groups excluding carboxylic acids is 1. The van der Waals surface area contributed by atoms with Crippen LogP contribution in [-0.2, 0) is 4.79 Å². The van der Waals surface area contributed by atoms with Gasteiger partial charge in [0.25, 0.3) is 0 Å². The van der Waals surface area contributed by atoms with E-state index >= 15 is 0 Å². The minimum absolute atomic E-state index is 0.0701. The van der Waals surface area contributed by atoms with E-state index in [9.17, 15) is 15.0 Å². The molecule has 2 atom stereocenters. The van der Waals surface area contributed by atoms with Crippen LogP contribution >= 0.6 is 0 Å². The Morgan fingerprint density at radius 1 is 0.291 bits per heavy atom. The molecule has 0 radical (unpaired) electrons. The maximum absolute atomic E-state index is 12.5. The molecule has 0 saturated heterocycles. The lowest BCUT2D eigenvalue weighted by Gasteiger charge is -2.19. The number of amides is 1. The fourth-order valence-corrected chi connectivity index (χ4v) is 11.5. The number of nitrogens with one attached hydrogen (secondary N) is 1. The third kappa shape index (κ3) is 67.0. The van der Waals surface area contributed by atoms with E-state index in [0.717, 1.165) is 38.5 Å².